The van der Waals surface area contributed by atoms with Gasteiger partial charge in [0, 0.05) is 24.4 Å². The van der Waals surface area contributed by atoms with Crippen LogP contribution < -0.4 is 0 Å². The van der Waals surface area contributed by atoms with Gasteiger partial charge in [-0.15, -0.1) is 11.8 Å². The van der Waals surface area contributed by atoms with Crippen molar-refractivity contribution in [1.29, 1.82) is 0 Å². The Kier molecular flexibility index (Phi) is 5.65. The van der Waals surface area contributed by atoms with Crippen LogP contribution >= 0.6 is 11.8 Å². The van der Waals surface area contributed by atoms with Crippen molar-refractivity contribution >= 4 is 29.5 Å². The molecule has 2 amide bonds. The lowest BCUT2D eigenvalue weighted by atomic mass is 10.1. The minimum atomic E-state index is -1.03. The lowest BCUT2D eigenvalue weighted by Crippen LogP contribution is -2.48. The lowest BCUT2D eigenvalue weighted by molar-refractivity contribution is -0.134. The number of carboxylic acids is 1. The number of nitrogens with zero attached hydrogens (tertiary/aromatic N) is 2. The summed E-state index contributed by atoms with van der Waals surface area (Å²) in [6.45, 7) is 5.07. The van der Waals surface area contributed by atoms with Crippen LogP contribution in [-0.2, 0) is 4.79 Å². The lowest BCUT2D eigenvalue weighted by Gasteiger charge is -2.28. The van der Waals surface area contributed by atoms with E-state index in [1.165, 1.54) is 24.3 Å². The molecule has 1 fully saturated rings. The van der Waals surface area contributed by atoms with Gasteiger partial charge in [0.05, 0.1) is 11.4 Å². The third-order valence-electron chi connectivity index (χ3n) is 3.88. The summed E-state index contributed by atoms with van der Waals surface area (Å²) < 4.78 is 0. The number of thioether (sulfide) groups is 1. The van der Waals surface area contributed by atoms with Crippen LogP contribution in [0.2, 0.25) is 0 Å². The van der Waals surface area contributed by atoms with Gasteiger partial charge < -0.3 is 14.9 Å². The average Bonchev–Trinajstić information content (AvgIpc) is 3.04. The molecule has 7 heteroatoms. The SMILES string of the molecule is CCN(CC)C(=O)C1CSCN1C(=O)c1ccc(C(=O)O)cc1. The van der Waals surface area contributed by atoms with Crippen molar-refractivity contribution < 1.29 is 19.5 Å². The first-order valence-corrected chi connectivity index (χ1v) is 8.65. The van der Waals surface area contributed by atoms with Crippen LogP contribution in [0.15, 0.2) is 24.3 Å². The van der Waals surface area contributed by atoms with Crippen molar-refractivity contribution in [3.05, 3.63) is 35.4 Å². The first-order chi connectivity index (χ1) is 11.0. The highest BCUT2D eigenvalue weighted by molar-refractivity contribution is 7.99. The van der Waals surface area contributed by atoms with E-state index in [2.05, 4.69) is 0 Å². The van der Waals surface area contributed by atoms with Crippen LogP contribution in [0.3, 0.4) is 0 Å². The van der Waals surface area contributed by atoms with Crippen molar-refractivity contribution in [2.24, 2.45) is 0 Å². The normalized spacial score (nSPS) is 17.1. The van der Waals surface area contributed by atoms with Crippen molar-refractivity contribution in [2.45, 2.75) is 19.9 Å². The first kappa shape index (κ1) is 17.3. The Balaban J connectivity index is 2.17. The van der Waals surface area contributed by atoms with Gasteiger partial charge in [0.1, 0.15) is 6.04 Å². The number of aromatic carboxylic acids is 1. The van der Waals surface area contributed by atoms with Crippen LogP contribution in [0.1, 0.15) is 34.6 Å². The number of rotatable bonds is 5. The Morgan fingerprint density at radius 2 is 1.74 bits per heavy atom. The van der Waals surface area contributed by atoms with E-state index in [0.29, 0.717) is 30.3 Å². The smallest absolute Gasteiger partial charge is 0.335 e. The fraction of sp³-hybridized carbons (Fsp3) is 0.438. The maximum absolute atomic E-state index is 12.6. The molecule has 1 aromatic carbocycles. The molecule has 1 aromatic rings. The van der Waals surface area contributed by atoms with Crippen LogP contribution in [0.4, 0.5) is 0 Å². The Bertz CT molecular complexity index is 599. The third kappa shape index (κ3) is 3.67. The molecule has 6 nitrogen and oxygen atoms in total. The summed E-state index contributed by atoms with van der Waals surface area (Å²) in [5.41, 5.74) is 0.531. The molecule has 1 saturated heterocycles. The van der Waals surface area contributed by atoms with Gasteiger partial charge in [-0.2, -0.15) is 0 Å². The number of amides is 2. The average molecular weight is 336 g/mol. The third-order valence-corrected chi connectivity index (χ3v) is 4.89. The molecule has 0 saturated carbocycles. The molecular formula is C16H20N2O4S. The molecule has 0 bridgehead atoms. The summed E-state index contributed by atoms with van der Waals surface area (Å²) in [5.74, 6) is -0.242. The van der Waals surface area contributed by atoms with Gasteiger partial charge in [-0.1, -0.05) is 0 Å². The molecule has 0 spiro atoms. The van der Waals surface area contributed by atoms with Crippen LogP contribution in [0, 0.1) is 0 Å². The quantitative estimate of drug-likeness (QED) is 0.886. The fourth-order valence-corrected chi connectivity index (χ4v) is 3.66. The van der Waals surface area contributed by atoms with Crippen LogP contribution in [-0.4, -0.2) is 63.5 Å². The summed E-state index contributed by atoms with van der Waals surface area (Å²) in [5, 5.41) is 8.91. The predicted octanol–water partition coefficient (Wildman–Crippen LogP) is 1.77. The molecule has 0 radical (unpaired) electrons. The molecule has 1 atom stereocenters. The number of carbonyl (C=O) groups is 3. The Hall–Kier alpha value is -2.02. The highest BCUT2D eigenvalue weighted by atomic mass is 32.2. The zero-order chi connectivity index (χ0) is 17.0. The summed E-state index contributed by atoms with van der Waals surface area (Å²) >= 11 is 1.55. The number of likely N-dealkylation sites (N-methyl/N-ethyl adjacent to an activating group) is 1. The topological polar surface area (TPSA) is 77.9 Å². The monoisotopic (exact) mass is 336 g/mol. The molecule has 1 unspecified atom stereocenters. The van der Waals surface area contributed by atoms with E-state index < -0.39 is 12.0 Å². The predicted molar refractivity (Wildman–Crippen MR) is 88.6 cm³/mol. The highest BCUT2D eigenvalue weighted by Gasteiger charge is 2.36. The zero-order valence-corrected chi connectivity index (χ0v) is 14.0. The van der Waals surface area contributed by atoms with Crippen molar-refractivity contribution in [1.82, 2.24) is 9.80 Å². The van der Waals surface area contributed by atoms with E-state index in [4.69, 9.17) is 5.11 Å². The molecule has 1 aliphatic rings. The van der Waals surface area contributed by atoms with E-state index in [-0.39, 0.29) is 17.4 Å². The van der Waals surface area contributed by atoms with E-state index in [9.17, 15) is 14.4 Å². The maximum Gasteiger partial charge on any atom is 0.335 e. The molecule has 2 rings (SSSR count). The minimum Gasteiger partial charge on any atom is -0.478 e. The second-order valence-corrected chi connectivity index (χ2v) is 6.18. The van der Waals surface area contributed by atoms with Gasteiger partial charge in [-0.3, -0.25) is 9.59 Å². The summed E-state index contributed by atoms with van der Waals surface area (Å²) in [7, 11) is 0. The number of hydrogen-bond acceptors (Lipinski definition) is 4. The van der Waals surface area contributed by atoms with Crippen molar-refractivity contribution in [3.8, 4) is 0 Å². The van der Waals surface area contributed by atoms with Gasteiger partial charge in [0.2, 0.25) is 5.91 Å². The van der Waals surface area contributed by atoms with E-state index in [1.807, 2.05) is 13.8 Å². The second kappa shape index (κ2) is 7.50. The first-order valence-electron chi connectivity index (χ1n) is 7.50. The van der Waals surface area contributed by atoms with Gasteiger partial charge in [0.15, 0.2) is 0 Å². The molecular weight excluding hydrogens is 316 g/mol. The number of hydrogen-bond donors (Lipinski definition) is 1. The summed E-state index contributed by atoms with van der Waals surface area (Å²) in [6.07, 6.45) is 0. The Labute approximate surface area is 139 Å². The molecule has 124 valence electrons. The van der Waals surface area contributed by atoms with E-state index in [1.54, 1.807) is 21.6 Å². The fourth-order valence-electron chi connectivity index (χ4n) is 2.51. The van der Waals surface area contributed by atoms with Gasteiger partial charge >= 0.3 is 5.97 Å². The molecule has 0 aliphatic carbocycles. The van der Waals surface area contributed by atoms with Crippen LogP contribution in [0.5, 0.6) is 0 Å². The number of carbonyl (C=O) groups excluding carboxylic acids is 2. The second-order valence-electron chi connectivity index (χ2n) is 5.18. The molecule has 1 heterocycles. The van der Waals surface area contributed by atoms with Crippen LogP contribution in [0.25, 0.3) is 0 Å². The van der Waals surface area contributed by atoms with Crippen molar-refractivity contribution in [3.63, 3.8) is 0 Å². The Morgan fingerprint density at radius 1 is 1.17 bits per heavy atom. The van der Waals surface area contributed by atoms with E-state index in [0.717, 1.165) is 0 Å². The molecule has 0 aromatic heterocycles. The minimum absolute atomic E-state index is 0.0319. The standard InChI is InChI=1S/C16H20N2O4S/c1-3-17(4-2)15(20)13-9-23-10-18(13)14(19)11-5-7-12(8-6-11)16(21)22/h5-8,13H,3-4,9-10H2,1-2H3,(H,21,22). The zero-order valence-electron chi connectivity index (χ0n) is 13.2. The highest BCUT2D eigenvalue weighted by Crippen LogP contribution is 2.24. The van der Waals surface area contributed by atoms with Crippen molar-refractivity contribution in [2.75, 3.05) is 24.7 Å². The largest absolute Gasteiger partial charge is 0.478 e. The Morgan fingerprint density at radius 3 is 2.26 bits per heavy atom. The van der Waals surface area contributed by atoms with Gasteiger partial charge in [-0.25, -0.2) is 4.79 Å². The van der Waals surface area contributed by atoms with E-state index >= 15 is 0 Å². The maximum atomic E-state index is 12.6. The number of benzene rings is 1. The summed E-state index contributed by atoms with van der Waals surface area (Å²) in [4.78, 5) is 39.3. The summed E-state index contributed by atoms with van der Waals surface area (Å²) in [6, 6.07) is 5.34. The van der Waals surface area contributed by atoms with Gasteiger partial charge in [0.25, 0.3) is 5.91 Å². The molecule has 1 N–H and O–H groups in total. The number of carboxylic acid groups (broad SMARTS) is 1. The molecule has 1 aliphatic heterocycles. The molecule has 23 heavy (non-hydrogen) atoms. The van der Waals surface area contributed by atoms with Gasteiger partial charge in [-0.05, 0) is 38.1 Å².